The summed E-state index contributed by atoms with van der Waals surface area (Å²) in [6, 6.07) is 7.22. The predicted octanol–water partition coefficient (Wildman–Crippen LogP) is 2.39. The number of hydrogen-bond acceptors (Lipinski definition) is 5. The van der Waals surface area contributed by atoms with Crippen LogP contribution in [0.4, 0.5) is 0 Å². The van der Waals surface area contributed by atoms with Gasteiger partial charge < -0.3 is 9.47 Å². The third-order valence-electron chi connectivity index (χ3n) is 3.85. The number of ether oxygens (including phenoxy) is 2. The molecule has 0 saturated carbocycles. The molecule has 25 heavy (non-hydrogen) atoms. The fourth-order valence-electron chi connectivity index (χ4n) is 2.60. The second kappa shape index (κ2) is 7.57. The average molecular weight is 360 g/mol. The van der Waals surface area contributed by atoms with Crippen LogP contribution in [0, 0.1) is 6.92 Å². The molecule has 6 nitrogen and oxygen atoms in total. The van der Waals surface area contributed by atoms with Gasteiger partial charge in [-0.05, 0) is 42.7 Å². The molecule has 7 heteroatoms. The highest BCUT2D eigenvalue weighted by molar-refractivity contribution is 7.14. The molecule has 2 amide bonds. The third kappa shape index (κ3) is 4.11. The van der Waals surface area contributed by atoms with E-state index in [0.717, 1.165) is 17.5 Å². The summed E-state index contributed by atoms with van der Waals surface area (Å²) >= 11 is 1.44. The number of thiophene rings is 1. The van der Waals surface area contributed by atoms with Gasteiger partial charge in [-0.25, -0.2) is 0 Å². The van der Waals surface area contributed by atoms with Crippen LogP contribution in [0.2, 0.25) is 0 Å². The quantitative estimate of drug-likeness (QED) is 0.821. The molecule has 1 aromatic carbocycles. The minimum atomic E-state index is -0.302. The van der Waals surface area contributed by atoms with Crippen LogP contribution in [0.5, 0.6) is 11.5 Å². The summed E-state index contributed by atoms with van der Waals surface area (Å²) in [6.07, 6.45) is 1.03. The van der Waals surface area contributed by atoms with Crippen molar-refractivity contribution in [3.63, 3.8) is 0 Å². The highest BCUT2D eigenvalue weighted by Gasteiger charge is 2.15. The van der Waals surface area contributed by atoms with Gasteiger partial charge in [-0.1, -0.05) is 13.0 Å². The maximum Gasteiger partial charge on any atom is 0.279 e. The number of rotatable bonds is 4. The number of carbonyl (C=O) groups is 2. The Balaban J connectivity index is 1.54. The maximum atomic E-state index is 12.1. The molecule has 0 saturated heterocycles. The number of amides is 2. The summed E-state index contributed by atoms with van der Waals surface area (Å²) in [6.45, 7) is 5.06. The van der Waals surface area contributed by atoms with E-state index in [0.29, 0.717) is 29.6 Å². The van der Waals surface area contributed by atoms with Crippen molar-refractivity contribution in [2.24, 2.45) is 0 Å². The van der Waals surface area contributed by atoms with Gasteiger partial charge in [0.2, 0.25) is 5.91 Å². The van der Waals surface area contributed by atoms with Gasteiger partial charge in [0.15, 0.2) is 11.5 Å². The molecule has 0 aliphatic carbocycles. The second-order valence-corrected chi connectivity index (χ2v) is 6.86. The van der Waals surface area contributed by atoms with E-state index in [1.54, 1.807) is 12.1 Å². The fraction of sp³-hybridized carbons (Fsp3) is 0.333. The molecule has 0 fully saturated rings. The molecule has 0 unspecified atom stereocenters. The van der Waals surface area contributed by atoms with Crippen LogP contribution in [0.15, 0.2) is 24.3 Å². The summed E-state index contributed by atoms with van der Waals surface area (Å²) in [4.78, 5) is 25.9. The third-order valence-corrected chi connectivity index (χ3v) is 5.23. The molecule has 2 N–H and O–H groups in total. The summed E-state index contributed by atoms with van der Waals surface area (Å²) in [5, 5.41) is 0. The zero-order valence-electron chi connectivity index (χ0n) is 14.2. The monoisotopic (exact) mass is 360 g/mol. The van der Waals surface area contributed by atoms with Crippen LogP contribution < -0.4 is 20.3 Å². The number of hydrogen-bond donors (Lipinski definition) is 2. The van der Waals surface area contributed by atoms with Crippen molar-refractivity contribution in [2.75, 3.05) is 13.2 Å². The molecule has 0 spiro atoms. The number of aryl methyl sites for hydroxylation is 2. The lowest BCUT2D eigenvalue weighted by Crippen LogP contribution is -2.42. The average Bonchev–Trinajstić information content (AvgIpc) is 3.00. The molecule has 0 radical (unpaired) electrons. The zero-order chi connectivity index (χ0) is 17.8. The van der Waals surface area contributed by atoms with E-state index in [1.807, 2.05) is 19.1 Å². The Bertz CT molecular complexity index is 800. The van der Waals surface area contributed by atoms with Crippen molar-refractivity contribution in [3.05, 3.63) is 45.1 Å². The molecule has 2 aromatic rings. The number of hydrazine groups is 1. The van der Waals surface area contributed by atoms with Crippen molar-refractivity contribution in [1.29, 1.82) is 0 Å². The molecule has 2 heterocycles. The van der Waals surface area contributed by atoms with Gasteiger partial charge in [-0.2, -0.15) is 0 Å². The zero-order valence-corrected chi connectivity index (χ0v) is 15.0. The molecule has 0 bridgehead atoms. The summed E-state index contributed by atoms with van der Waals surface area (Å²) in [5.74, 6) is 0.725. The number of nitrogens with one attached hydrogen (secondary N) is 2. The van der Waals surface area contributed by atoms with E-state index >= 15 is 0 Å². The minimum Gasteiger partial charge on any atom is -0.486 e. The molecule has 1 aliphatic rings. The number of fused-ring (bicyclic) bond motifs is 1. The summed E-state index contributed by atoms with van der Waals surface area (Å²) < 4.78 is 11.0. The van der Waals surface area contributed by atoms with E-state index < -0.39 is 0 Å². The Morgan fingerprint density at radius 2 is 1.88 bits per heavy atom. The lowest BCUT2D eigenvalue weighted by atomic mass is 10.1. The Morgan fingerprint density at radius 3 is 2.60 bits per heavy atom. The Kier molecular flexibility index (Phi) is 5.23. The van der Waals surface area contributed by atoms with E-state index in [9.17, 15) is 9.59 Å². The van der Waals surface area contributed by atoms with Gasteiger partial charge in [0.05, 0.1) is 11.3 Å². The van der Waals surface area contributed by atoms with Gasteiger partial charge in [0.1, 0.15) is 13.2 Å². The molecule has 132 valence electrons. The molecule has 1 aliphatic heterocycles. The molecule has 0 atom stereocenters. The Morgan fingerprint density at radius 1 is 1.12 bits per heavy atom. The van der Waals surface area contributed by atoms with Crippen molar-refractivity contribution >= 4 is 23.2 Å². The smallest absolute Gasteiger partial charge is 0.279 e. The molecule has 1 aromatic heterocycles. The van der Waals surface area contributed by atoms with Crippen molar-refractivity contribution < 1.29 is 19.1 Å². The van der Waals surface area contributed by atoms with Crippen molar-refractivity contribution in [3.8, 4) is 11.5 Å². The largest absolute Gasteiger partial charge is 0.486 e. The van der Waals surface area contributed by atoms with Crippen LogP contribution >= 0.6 is 11.3 Å². The Labute approximate surface area is 150 Å². The lowest BCUT2D eigenvalue weighted by Gasteiger charge is -2.18. The SMILES string of the molecule is CCc1sc(C(=O)NNC(=O)Cc2ccc3c(c2)OCCO3)cc1C. The van der Waals surface area contributed by atoms with E-state index in [1.165, 1.54) is 16.2 Å². The van der Waals surface area contributed by atoms with Gasteiger partial charge in [0, 0.05) is 4.88 Å². The van der Waals surface area contributed by atoms with Crippen LogP contribution in [-0.2, 0) is 17.6 Å². The first kappa shape index (κ1) is 17.3. The Hall–Kier alpha value is -2.54. The second-order valence-electron chi connectivity index (χ2n) is 5.73. The number of benzene rings is 1. The van der Waals surface area contributed by atoms with Crippen LogP contribution in [0.25, 0.3) is 0 Å². The summed E-state index contributed by atoms with van der Waals surface area (Å²) in [5.41, 5.74) is 6.80. The van der Waals surface area contributed by atoms with Crippen LogP contribution in [-0.4, -0.2) is 25.0 Å². The normalized spacial score (nSPS) is 12.6. The van der Waals surface area contributed by atoms with E-state index in [-0.39, 0.29) is 18.2 Å². The highest BCUT2D eigenvalue weighted by atomic mass is 32.1. The topological polar surface area (TPSA) is 76.7 Å². The maximum absolute atomic E-state index is 12.1. The molecule has 3 rings (SSSR count). The first-order valence-corrected chi connectivity index (χ1v) is 8.95. The van der Waals surface area contributed by atoms with E-state index in [4.69, 9.17) is 9.47 Å². The standard InChI is InChI=1S/C18H20N2O4S/c1-3-15-11(2)8-16(25-15)18(22)20-19-17(21)10-12-4-5-13-14(9-12)24-7-6-23-13/h4-5,8-9H,3,6-7,10H2,1-2H3,(H,19,21)(H,20,22). The molecular weight excluding hydrogens is 340 g/mol. The minimum absolute atomic E-state index is 0.139. The lowest BCUT2D eigenvalue weighted by molar-refractivity contribution is -0.121. The highest BCUT2D eigenvalue weighted by Crippen LogP contribution is 2.30. The van der Waals surface area contributed by atoms with Gasteiger partial charge in [-0.3, -0.25) is 20.4 Å². The summed E-state index contributed by atoms with van der Waals surface area (Å²) in [7, 11) is 0. The van der Waals surface area contributed by atoms with Crippen LogP contribution in [0.1, 0.15) is 32.6 Å². The van der Waals surface area contributed by atoms with Gasteiger partial charge in [-0.15, -0.1) is 11.3 Å². The van der Waals surface area contributed by atoms with Crippen LogP contribution in [0.3, 0.4) is 0 Å². The fourth-order valence-corrected chi connectivity index (χ4v) is 3.61. The first-order valence-electron chi connectivity index (χ1n) is 8.14. The first-order chi connectivity index (χ1) is 12.1. The number of carbonyl (C=O) groups excluding carboxylic acids is 2. The van der Waals surface area contributed by atoms with Crippen molar-refractivity contribution in [2.45, 2.75) is 26.7 Å². The van der Waals surface area contributed by atoms with Gasteiger partial charge >= 0.3 is 0 Å². The van der Waals surface area contributed by atoms with Gasteiger partial charge in [0.25, 0.3) is 5.91 Å². The van der Waals surface area contributed by atoms with E-state index in [2.05, 4.69) is 17.8 Å². The molecular formula is C18H20N2O4S. The van der Waals surface area contributed by atoms with Crippen molar-refractivity contribution in [1.82, 2.24) is 10.9 Å². The predicted molar refractivity (Wildman–Crippen MR) is 95.2 cm³/mol.